The van der Waals surface area contributed by atoms with Gasteiger partial charge < -0.3 is 14.5 Å². The van der Waals surface area contributed by atoms with Crippen LogP contribution in [0, 0.1) is 11.6 Å². The van der Waals surface area contributed by atoms with E-state index in [2.05, 4.69) is 32.2 Å². The quantitative estimate of drug-likeness (QED) is 0.386. The van der Waals surface area contributed by atoms with Gasteiger partial charge in [0.05, 0.1) is 6.61 Å². The summed E-state index contributed by atoms with van der Waals surface area (Å²) < 4.78 is 37.5. The lowest BCUT2D eigenvalue weighted by Crippen LogP contribution is -2.25. The predicted octanol–water partition coefficient (Wildman–Crippen LogP) is 3.08. The highest BCUT2D eigenvalue weighted by Crippen LogP contribution is 2.30. The lowest BCUT2D eigenvalue weighted by atomic mass is 10.0. The smallest absolute Gasteiger partial charge is 0.204 e. The second kappa shape index (κ2) is 7.88. The number of hydrogen-bond donors (Lipinski definition) is 1. The van der Waals surface area contributed by atoms with Crippen LogP contribution in [0.5, 0.6) is 5.75 Å². The Morgan fingerprint density at radius 2 is 2.12 bits per heavy atom. The van der Waals surface area contributed by atoms with Gasteiger partial charge in [0.25, 0.3) is 0 Å². The van der Waals surface area contributed by atoms with Gasteiger partial charge in [0, 0.05) is 73.8 Å². The summed E-state index contributed by atoms with van der Waals surface area (Å²) in [4.78, 5) is 8.78. The molecular weight excluding hydrogens is 416 g/mol. The SMILES string of the molecule is C=N/N=c1/c(-c2cc(F)cn3ccnc23)cnc(NCc2c(F)ccc3c2CCO3)n1C. The monoisotopic (exact) mass is 435 g/mol. The van der Waals surface area contributed by atoms with E-state index in [1.54, 1.807) is 40.7 Å². The van der Waals surface area contributed by atoms with Gasteiger partial charge in [-0.1, -0.05) is 0 Å². The van der Waals surface area contributed by atoms with E-state index in [0.717, 1.165) is 5.56 Å². The second-order valence-corrected chi connectivity index (χ2v) is 7.30. The van der Waals surface area contributed by atoms with Crippen molar-refractivity contribution in [3.63, 3.8) is 0 Å². The summed E-state index contributed by atoms with van der Waals surface area (Å²) in [6.45, 7) is 4.20. The summed E-state index contributed by atoms with van der Waals surface area (Å²) in [5, 5.41) is 11.0. The summed E-state index contributed by atoms with van der Waals surface area (Å²) in [5.41, 5.74) is 3.38. The van der Waals surface area contributed by atoms with E-state index in [9.17, 15) is 8.78 Å². The average molecular weight is 435 g/mol. The van der Waals surface area contributed by atoms with Gasteiger partial charge in [-0.25, -0.2) is 18.7 Å². The van der Waals surface area contributed by atoms with Crippen LogP contribution in [-0.4, -0.2) is 32.3 Å². The fourth-order valence-corrected chi connectivity index (χ4v) is 3.96. The molecule has 1 aromatic carbocycles. The van der Waals surface area contributed by atoms with E-state index in [-0.39, 0.29) is 12.4 Å². The van der Waals surface area contributed by atoms with Crippen LogP contribution in [0.4, 0.5) is 14.7 Å². The first kappa shape index (κ1) is 19.9. The van der Waals surface area contributed by atoms with E-state index in [1.807, 2.05) is 0 Å². The Balaban J connectivity index is 1.56. The zero-order chi connectivity index (χ0) is 22.2. The van der Waals surface area contributed by atoms with Gasteiger partial charge in [0.2, 0.25) is 5.95 Å². The minimum absolute atomic E-state index is 0.212. The molecule has 162 valence electrons. The van der Waals surface area contributed by atoms with Crippen LogP contribution in [0.2, 0.25) is 0 Å². The van der Waals surface area contributed by atoms with Crippen LogP contribution in [0.3, 0.4) is 0 Å². The summed E-state index contributed by atoms with van der Waals surface area (Å²) in [6.07, 6.45) is 6.80. The molecule has 4 heterocycles. The Bertz CT molecular complexity index is 1420. The number of benzene rings is 1. The maximum atomic E-state index is 14.5. The Morgan fingerprint density at radius 3 is 2.97 bits per heavy atom. The van der Waals surface area contributed by atoms with Gasteiger partial charge in [-0.3, -0.25) is 4.57 Å². The molecule has 0 saturated carbocycles. The van der Waals surface area contributed by atoms with Gasteiger partial charge in [0.15, 0.2) is 5.49 Å². The van der Waals surface area contributed by atoms with Crippen LogP contribution in [-0.2, 0) is 20.0 Å². The number of hydrogen-bond acceptors (Lipinski definition) is 6. The Kier molecular flexibility index (Phi) is 4.89. The molecule has 1 aliphatic rings. The molecule has 0 aliphatic carbocycles. The third kappa shape index (κ3) is 3.29. The average Bonchev–Trinajstić information content (AvgIpc) is 3.44. The van der Waals surface area contributed by atoms with E-state index in [1.165, 1.54) is 18.3 Å². The standard InChI is InChI=1S/C22H19F2N7O/c1-25-29-21-17(15-9-13(23)12-31-7-6-26-20(15)31)11-28-22(30(21)2)27-10-16-14-5-8-32-19(14)4-3-18(16)24/h3-4,6-7,9,11-12H,1,5,8,10H2,2H3,(H,27,28)/b29-21-. The minimum atomic E-state index is -0.427. The molecule has 1 N–H and O–H groups in total. The third-order valence-electron chi connectivity index (χ3n) is 5.47. The predicted molar refractivity (Wildman–Crippen MR) is 115 cm³/mol. The number of fused-ring (bicyclic) bond motifs is 2. The Labute approximate surface area is 181 Å². The number of pyridine rings is 1. The van der Waals surface area contributed by atoms with Gasteiger partial charge in [0.1, 0.15) is 23.0 Å². The van der Waals surface area contributed by atoms with Crippen molar-refractivity contribution < 1.29 is 13.5 Å². The van der Waals surface area contributed by atoms with Crippen LogP contribution >= 0.6 is 0 Å². The third-order valence-corrected chi connectivity index (χ3v) is 5.47. The van der Waals surface area contributed by atoms with Crippen LogP contribution in [0.1, 0.15) is 11.1 Å². The molecule has 0 spiro atoms. The first-order chi connectivity index (χ1) is 15.6. The second-order valence-electron chi connectivity index (χ2n) is 7.30. The molecule has 0 saturated heterocycles. The molecule has 3 aromatic heterocycles. The number of halogens is 2. The van der Waals surface area contributed by atoms with Crippen LogP contribution in [0.25, 0.3) is 16.8 Å². The molecular formula is C22H19F2N7O. The topological polar surface area (TPSA) is 81.1 Å². The maximum absolute atomic E-state index is 14.5. The lowest BCUT2D eigenvalue weighted by Gasteiger charge is -2.15. The molecule has 8 nitrogen and oxygen atoms in total. The molecule has 32 heavy (non-hydrogen) atoms. The number of anilines is 1. The summed E-state index contributed by atoms with van der Waals surface area (Å²) >= 11 is 0. The number of ether oxygens (including phenoxy) is 1. The summed E-state index contributed by atoms with van der Waals surface area (Å²) in [6, 6.07) is 4.42. The van der Waals surface area contributed by atoms with Crippen LogP contribution < -0.4 is 15.5 Å². The fourth-order valence-electron chi connectivity index (χ4n) is 3.96. The van der Waals surface area contributed by atoms with E-state index >= 15 is 0 Å². The van der Waals surface area contributed by atoms with Crippen molar-refractivity contribution in [1.82, 2.24) is 18.9 Å². The first-order valence-corrected chi connectivity index (χ1v) is 9.92. The van der Waals surface area contributed by atoms with E-state index < -0.39 is 5.82 Å². The molecule has 0 bridgehead atoms. The molecule has 0 radical (unpaired) electrons. The molecule has 0 atom stereocenters. The van der Waals surface area contributed by atoms with E-state index in [0.29, 0.717) is 52.6 Å². The molecule has 0 fully saturated rings. The number of imidazole rings is 1. The maximum Gasteiger partial charge on any atom is 0.204 e. The first-order valence-electron chi connectivity index (χ1n) is 9.92. The molecule has 10 heteroatoms. The van der Waals surface area contributed by atoms with Gasteiger partial charge in [-0.15, -0.1) is 5.10 Å². The summed E-state index contributed by atoms with van der Waals surface area (Å²) in [5.74, 6) is 0.406. The number of aromatic nitrogens is 4. The number of rotatable bonds is 5. The molecule has 0 unspecified atom stereocenters. The molecule has 0 amide bonds. The van der Waals surface area contributed by atoms with Crippen molar-refractivity contribution in [2.45, 2.75) is 13.0 Å². The highest BCUT2D eigenvalue weighted by Gasteiger charge is 2.20. The number of nitrogens with one attached hydrogen (secondary N) is 1. The van der Waals surface area contributed by atoms with Gasteiger partial charge in [-0.05, 0) is 18.2 Å². The normalized spacial score (nSPS) is 13.3. The Hall–Kier alpha value is -4.08. The summed E-state index contributed by atoms with van der Waals surface area (Å²) in [7, 11) is 1.74. The van der Waals surface area contributed by atoms with Gasteiger partial charge in [-0.2, -0.15) is 5.10 Å². The highest BCUT2D eigenvalue weighted by molar-refractivity contribution is 5.76. The number of nitrogens with zero attached hydrogens (tertiary/aromatic N) is 6. The Morgan fingerprint density at radius 1 is 1.25 bits per heavy atom. The lowest BCUT2D eigenvalue weighted by molar-refractivity contribution is 0.356. The molecule has 5 rings (SSSR count). The van der Waals surface area contributed by atoms with Crippen molar-refractivity contribution in [3.05, 3.63) is 71.2 Å². The van der Waals surface area contributed by atoms with Crippen molar-refractivity contribution in [1.29, 1.82) is 0 Å². The largest absolute Gasteiger partial charge is 0.493 e. The molecule has 4 aromatic rings. The zero-order valence-electron chi connectivity index (χ0n) is 17.2. The van der Waals surface area contributed by atoms with Crippen molar-refractivity contribution in [2.75, 3.05) is 11.9 Å². The van der Waals surface area contributed by atoms with Gasteiger partial charge >= 0.3 is 0 Å². The van der Waals surface area contributed by atoms with Crippen LogP contribution in [0.15, 0.2) is 53.2 Å². The van der Waals surface area contributed by atoms with Crippen molar-refractivity contribution >= 4 is 18.3 Å². The van der Waals surface area contributed by atoms with Crippen molar-refractivity contribution in [2.24, 2.45) is 17.3 Å². The van der Waals surface area contributed by atoms with E-state index in [4.69, 9.17) is 4.74 Å². The fraction of sp³-hybridized carbons (Fsp3) is 0.182. The zero-order valence-corrected chi connectivity index (χ0v) is 17.2. The highest BCUT2D eigenvalue weighted by atomic mass is 19.1. The molecule has 1 aliphatic heterocycles. The van der Waals surface area contributed by atoms with Crippen molar-refractivity contribution in [3.8, 4) is 16.9 Å². The minimum Gasteiger partial charge on any atom is -0.493 e.